The number of anilines is 1. The van der Waals surface area contributed by atoms with E-state index in [1.807, 2.05) is 0 Å². The SMILES string of the molecule is CCCc1cc(CN)cc(N2CCCC2CC)n1. The molecule has 2 rings (SSSR count). The molecular formula is C15H25N3. The highest BCUT2D eigenvalue weighted by Crippen LogP contribution is 2.27. The number of hydrogen-bond donors (Lipinski definition) is 1. The van der Waals surface area contributed by atoms with Crippen LogP contribution in [0.25, 0.3) is 0 Å². The second kappa shape index (κ2) is 6.19. The van der Waals surface area contributed by atoms with Crippen molar-refractivity contribution in [3.05, 3.63) is 23.4 Å². The maximum absolute atomic E-state index is 5.80. The Morgan fingerprint density at radius 3 is 2.89 bits per heavy atom. The summed E-state index contributed by atoms with van der Waals surface area (Å²) in [6.45, 7) is 6.21. The topological polar surface area (TPSA) is 42.1 Å². The molecule has 1 aliphatic heterocycles. The fraction of sp³-hybridized carbons (Fsp3) is 0.667. The van der Waals surface area contributed by atoms with Crippen molar-refractivity contribution in [2.24, 2.45) is 5.73 Å². The number of aromatic nitrogens is 1. The van der Waals surface area contributed by atoms with Gasteiger partial charge in [-0.05, 0) is 43.4 Å². The molecule has 0 spiro atoms. The van der Waals surface area contributed by atoms with E-state index in [1.54, 1.807) is 0 Å². The van der Waals surface area contributed by atoms with Crippen molar-refractivity contribution in [2.75, 3.05) is 11.4 Å². The molecule has 1 fully saturated rings. The van der Waals surface area contributed by atoms with E-state index in [9.17, 15) is 0 Å². The van der Waals surface area contributed by atoms with Gasteiger partial charge in [0.2, 0.25) is 0 Å². The van der Waals surface area contributed by atoms with Gasteiger partial charge in [-0.2, -0.15) is 0 Å². The molecule has 100 valence electrons. The van der Waals surface area contributed by atoms with Gasteiger partial charge in [-0.15, -0.1) is 0 Å². The molecular weight excluding hydrogens is 222 g/mol. The number of pyridine rings is 1. The van der Waals surface area contributed by atoms with E-state index in [-0.39, 0.29) is 0 Å². The Balaban J connectivity index is 2.27. The highest BCUT2D eigenvalue weighted by molar-refractivity contribution is 5.45. The lowest BCUT2D eigenvalue weighted by molar-refractivity contribution is 0.639. The summed E-state index contributed by atoms with van der Waals surface area (Å²) in [6, 6.07) is 5.00. The molecule has 1 atom stereocenters. The van der Waals surface area contributed by atoms with Crippen molar-refractivity contribution in [2.45, 2.75) is 58.5 Å². The minimum absolute atomic E-state index is 0.608. The van der Waals surface area contributed by atoms with Crippen LogP contribution in [-0.4, -0.2) is 17.6 Å². The average molecular weight is 247 g/mol. The second-order valence-corrected chi connectivity index (χ2v) is 5.18. The van der Waals surface area contributed by atoms with Gasteiger partial charge in [0.25, 0.3) is 0 Å². The third-order valence-electron chi connectivity index (χ3n) is 3.81. The fourth-order valence-electron chi connectivity index (χ4n) is 2.84. The highest BCUT2D eigenvalue weighted by Gasteiger charge is 2.24. The molecule has 0 aliphatic carbocycles. The van der Waals surface area contributed by atoms with Crippen LogP contribution in [-0.2, 0) is 13.0 Å². The maximum Gasteiger partial charge on any atom is 0.129 e. The van der Waals surface area contributed by atoms with Gasteiger partial charge in [-0.3, -0.25) is 0 Å². The molecule has 3 nitrogen and oxygen atoms in total. The summed E-state index contributed by atoms with van der Waals surface area (Å²) < 4.78 is 0. The van der Waals surface area contributed by atoms with E-state index in [1.165, 1.54) is 30.5 Å². The minimum atomic E-state index is 0.608. The normalized spacial score (nSPS) is 19.5. The summed E-state index contributed by atoms with van der Waals surface area (Å²) in [5.41, 5.74) is 8.21. The molecule has 0 bridgehead atoms. The van der Waals surface area contributed by atoms with Crippen molar-refractivity contribution in [3.63, 3.8) is 0 Å². The van der Waals surface area contributed by atoms with Crippen LogP contribution >= 0.6 is 0 Å². The van der Waals surface area contributed by atoms with Crippen LogP contribution in [0, 0.1) is 0 Å². The molecule has 1 aliphatic rings. The van der Waals surface area contributed by atoms with E-state index < -0.39 is 0 Å². The van der Waals surface area contributed by atoms with Crippen LogP contribution in [0.15, 0.2) is 12.1 Å². The molecule has 1 saturated heterocycles. The van der Waals surface area contributed by atoms with E-state index in [4.69, 9.17) is 10.7 Å². The van der Waals surface area contributed by atoms with Crippen molar-refractivity contribution >= 4 is 5.82 Å². The quantitative estimate of drug-likeness (QED) is 0.870. The number of rotatable bonds is 5. The summed E-state index contributed by atoms with van der Waals surface area (Å²) in [6.07, 6.45) is 5.98. The van der Waals surface area contributed by atoms with Crippen LogP contribution in [0.3, 0.4) is 0 Å². The maximum atomic E-state index is 5.80. The smallest absolute Gasteiger partial charge is 0.129 e. The largest absolute Gasteiger partial charge is 0.354 e. The fourth-order valence-corrected chi connectivity index (χ4v) is 2.84. The average Bonchev–Trinajstić information content (AvgIpc) is 2.87. The molecule has 1 aromatic rings. The lowest BCUT2D eigenvalue weighted by Gasteiger charge is -2.25. The van der Waals surface area contributed by atoms with Crippen LogP contribution in [0.2, 0.25) is 0 Å². The van der Waals surface area contributed by atoms with E-state index in [0.29, 0.717) is 12.6 Å². The standard InChI is InChI=1S/C15H25N3/c1-3-6-13-9-12(11-16)10-15(17-13)18-8-5-7-14(18)4-2/h9-10,14H,3-8,11,16H2,1-2H3. The summed E-state index contributed by atoms with van der Waals surface area (Å²) in [5.74, 6) is 1.14. The molecule has 18 heavy (non-hydrogen) atoms. The Hall–Kier alpha value is -1.09. The second-order valence-electron chi connectivity index (χ2n) is 5.18. The number of aryl methyl sites for hydroxylation is 1. The van der Waals surface area contributed by atoms with Crippen LogP contribution < -0.4 is 10.6 Å². The zero-order valence-corrected chi connectivity index (χ0v) is 11.7. The van der Waals surface area contributed by atoms with E-state index in [0.717, 1.165) is 25.2 Å². The first-order chi connectivity index (χ1) is 8.78. The first-order valence-corrected chi connectivity index (χ1v) is 7.25. The van der Waals surface area contributed by atoms with Crippen molar-refractivity contribution in [1.29, 1.82) is 0 Å². The van der Waals surface area contributed by atoms with Crippen molar-refractivity contribution < 1.29 is 0 Å². The summed E-state index contributed by atoms with van der Waals surface area (Å²) >= 11 is 0. The lowest BCUT2D eigenvalue weighted by atomic mass is 10.1. The van der Waals surface area contributed by atoms with E-state index in [2.05, 4.69) is 30.9 Å². The monoisotopic (exact) mass is 247 g/mol. The molecule has 2 heterocycles. The lowest BCUT2D eigenvalue weighted by Crippen LogP contribution is -2.29. The Morgan fingerprint density at radius 2 is 2.22 bits per heavy atom. The summed E-state index contributed by atoms with van der Waals surface area (Å²) in [7, 11) is 0. The molecule has 1 unspecified atom stereocenters. The van der Waals surface area contributed by atoms with Gasteiger partial charge in [0.15, 0.2) is 0 Å². The van der Waals surface area contributed by atoms with Gasteiger partial charge >= 0.3 is 0 Å². The first-order valence-electron chi connectivity index (χ1n) is 7.25. The Labute approximate surface area is 110 Å². The van der Waals surface area contributed by atoms with Gasteiger partial charge in [0.05, 0.1) is 0 Å². The van der Waals surface area contributed by atoms with Crippen molar-refractivity contribution in [1.82, 2.24) is 4.98 Å². The Morgan fingerprint density at radius 1 is 1.39 bits per heavy atom. The van der Waals surface area contributed by atoms with Gasteiger partial charge in [-0.25, -0.2) is 4.98 Å². The van der Waals surface area contributed by atoms with Crippen LogP contribution in [0.4, 0.5) is 5.82 Å². The molecule has 1 aromatic heterocycles. The van der Waals surface area contributed by atoms with E-state index >= 15 is 0 Å². The zero-order valence-electron chi connectivity index (χ0n) is 11.7. The van der Waals surface area contributed by atoms with Crippen LogP contribution in [0.1, 0.15) is 50.8 Å². The molecule has 0 amide bonds. The summed E-state index contributed by atoms with van der Waals surface area (Å²) in [5, 5.41) is 0. The number of nitrogens with zero attached hydrogens (tertiary/aromatic N) is 2. The number of hydrogen-bond acceptors (Lipinski definition) is 3. The number of nitrogens with two attached hydrogens (primary N) is 1. The predicted molar refractivity (Wildman–Crippen MR) is 76.8 cm³/mol. The van der Waals surface area contributed by atoms with Gasteiger partial charge in [0, 0.05) is 24.8 Å². The predicted octanol–water partition coefficient (Wildman–Crippen LogP) is 2.87. The molecule has 0 saturated carbocycles. The minimum Gasteiger partial charge on any atom is -0.354 e. The Bertz CT molecular complexity index is 389. The zero-order chi connectivity index (χ0) is 13.0. The van der Waals surface area contributed by atoms with Gasteiger partial charge in [0.1, 0.15) is 5.82 Å². The summed E-state index contributed by atoms with van der Waals surface area (Å²) in [4.78, 5) is 7.29. The third-order valence-corrected chi connectivity index (χ3v) is 3.81. The molecule has 0 aromatic carbocycles. The van der Waals surface area contributed by atoms with Crippen LogP contribution in [0.5, 0.6) is 0 Å². The Kier molecular flexibility index (Phi) is 4.59. The van der Waals surface area contributed by atoms with Gasteiger partial charge in [-0.1, -0.05) is 20.3 Å². The molecule has 2 N–H and O–H groups in total. The highest BCUT2D eigenvalue weighted by atomic mass is 15.2. The van der Waals surface area contributed by atoms with Crippen molar-refractivity contribution in [3.8, 4) is 0 Å². The third kappa shape index (κ3) is 2.83. The van der Waals surface area contributed by atoms with Gasteiger partial charge < -0.3 is 10.6 Å². The first kappa shape index (κ1) is 13.3. The molecule has 0 radical (unpaired) electrons. The molecule has 3 heteroatoms.